The molecule has 4 nitrogen and oxygen atoms in total. The number of nitrogens with zero attached hydrogens (tertiary/aromatic N) is 1. The van der Waals surface area contributed by atoms with E-state index < -0.39 is 5.82 Å². The normalized spacial score (nSPS) is 10.8. The molecule has 0 spiro atoms. The van der Waals surface area contributed by atoms with Gasteiger partial charge in [-0.3, -0.25) is 0 Å². The summed E-state index contributed by atoms with van der Waals surface area (Å²) >= 11 is 0. The molecule has 0 unspecified atom stereocenters. The number of nitrogens with two attached hydrogens (primary N) is 1. The lowest BCUT2D eigenvalue weighted by Gasteiger charge is -2.11. The first-order chi connectivity index (χ1) is 10.2. The fraction of sp³-hybridized carbons (Fsp3) is 0.0625. The van der Waals surface area contributed by atoms with Crippen molar-refractivity contribution >= 4 is 10.8 Å². The first kappa shape index (κ1) is 13.3. The highest BCUT2D eigenvalue weighted by molar-refractivity contribution is 5.88. The van der Waals surface area contributed by atoms with E-state index >= 15 is 0 Å². The molecule has 3 rings (SSSR count). The molecule has 1 heterocycles. The summed E-state index contributed by atoms with van der Waals surface area (Å²) in [6.07, 6.45) is 1.59. The number of rotatable bonds is 3. The molecule has 106 valence electrons. The standard InChI is InChI=1S/C16H13FN2O2/c17-14-2-1-3-15(13(14)9-18)21-16-12-8-11(20)5-4-10(12)6-7-19-16/h1-8,20H,9,18H2. The number of pyridine rings is 1. The third-order valence-corrected chi connectivity index (χ3v) is 3.20. The lowest BCUT2D eigenvalue weighted by Crippen LogP contribution is -2.03. The average Bonchev–Trinajstić information content (AvgIpc) is 2.48. The second-order valence-electron chi connectivity index (χ2n) is 4.54. The number of hydrogen-bond donors (Lipinski definition) is 2. The van der Waals surface area contributed by atoms with E-state index in [2.05, 4.69) is 4.98 Å². The predicted molar refractivity (Wildman–Crippen MR) is 77.8 cm³/mol. The van der Waals surface area contributed by atoms with Crippen LogP contribution in [0.25, 0.3) is 10.8 Å². The van der Waals surface area contributed by atoms with Crippen molar-refractivity contribution in [3.05, 3.63) is 60.0 Å². The minimum Gasteiger partial charge on any atom is -0.508 e. The first-order valence-electron chi connectivity index (χ1n) is 6.42. The zero-order valence-electron chi connectivity index (χ0n) is 11.1. The van der Waals surface area contributed by atoms with Crippen molar-refractivity contribution < 1.29 is 14.2 Å². The van der Waals surface area contributed by atoms with Crippen LogP contribution in [-0.4, -0.2) is 10.1 Å². The Kier molecular flexibility index (Phi) is 3.41. The monoisotopic (exact) mass is 284 g/mol. The highest BCUT2D eigenvalue weighted by atomic mass is 19.1. The molecule has 21 heavy (non-hydrogen) atoms. The molecule has 0 atom stereocenters. The number of hydrogen-bond acceptors (Lipinski definition) is 4. The summed E-state index contributed by atoms with van der Waals surface area (Å²) in [7, 11) is 0. The van der Waals surface area contributed by atoms with Crippen LogP contribution in [-0.2, 0) is 6.54 Å². The predicted octanol–water partition coefficient (Wildman–Crippen LogP) is 3.33. The Labute approximate surface area is 120 Å². The van der Waals surface area contributed by atoms with Gasteiger partial charge in [-0.1, -0.05) is 12.1 Å². The molecular formula is C16H13FN2O2. The van der Waals surface area contributed by atoms with E-state index in [1.807, 2.05) is 0 Å². The Hall–Kier alpha value is -2.66. The number of phenols is 1. The number of benzene rings is 2. The van der Waals surface area contributed by atoms with E-state index in [9.17, 15) is 9.50 Å². The Bertz CT molecular complexity index is 805. The van der Waals surface area contributed by atoms with Crippen LogP contribution in [0.15, 0.2) is 48.7 Å². The van der Waals surface area contributed by atoms with Gasteiger partial charge in [-0.05, 0) is 35.7 Å². The molecule has 2 aromatic carbocycles. The highest BCUT2D eigenvalue weighted by Crippen LogP contribution is 2.32. The minimum absolute atomic E-state index is 0.0258. The molecule has 3 aromatic rings. The van der Waals surface area contributed by atoms with Crippen molar-refractivity contribution in [2.75, 3.05) is 0 Å². The molecule has 0 saturated carbocycles. The van der Waals surface area contributed by atoms with Gasteiger partial charge in [0.2, 0.25) is 5.88 Å². The second-order valence-corrected chi connectivity index (χ2v) is 4.54. The number of halogens is 1. The molecule has 5 heteroatoms. The number of phenolic OH excluding ortho intramolecular Hbond substituents is 1. The molecule has 0 fully saturated rings. The lowest BCUT2D eigenvalue weighted by molar-refractivity contribution is 0.454. The number of ether oxygens (including phenoxy) is 1. The van der Waals surface area contributed by atoms with E-state index in [1.54, 1.807) is 42.6 Å². The largest absolute Gasteiger partial charge is 0.508 e. The molecule has 3 N–H and O–H groups in total. The van der Waals surface area contributed by atoms with Crippen LogP contribution in [0.4, 0.5) is 4.39 Å². The first-order valence-corrected chi connectivity index (χ1v) is 6.42. The van der Waals surface area contributed by atoms with Gasteiger partial charge >= 0.3 is 0 Å². The minimum atomic E-state index is -0.418. The van der Waals surface area contributed by atoms with Crippen LogP contribution in [0.1, 0.15) is 5.56 Å². The van der Waals surface area contributed by atoms with Crippen molar-refractivity contribution in [3.63, 3.8) is 0 Å². The Morgan fingerprint density at radius 3 is 2.86 bits per heavy atom. The summed E-state index contributed by atoms with van der Waals surface area (Å²) in [6, 6.07) is 11.2. The summed E-state index contributed by atoms with van der Waals surface area (Å²) in [5, 5.41) is 11.1. The van der Waals surface area contributed by atoms with Crippen molar-refractivity contribution in [1.82, 2.24) is 4.98 Å². The molecule has 1 aromatic heterocycles. The van der Waals surface area contributed by atoms with Gasteiger partial charge < -0.3 is 15.6 Å². The van der Waals surface area contributed by atoms with Gasteiger partial charge in [-0.2, -0.15) is 0 Å². The van der Waals surface area contributed by atoms with Crippen LogP contribution in [0.5, 0.6) is 17.4 Å². The molecule has 0 aliphatic rings. The quantitative estimate of drug-likeness (QED) is 0.774. The maximum absolute atomic E-state index is 13.7. The average molecular weight is 284 g/mol. The van der Waals surface area contributed by atoms with Crippen LogP contribution in [0.3, 0.4) is 0 Å². The fourth-order valence-electron chi connectivity index (χ4n) is 2.15. The molecule has 0 amide bonds. The number of fused-ring (bicyclic) bond motifs is 1. The van der Waals surface area contributed by atoms with E-state index in [0.29, 0.717) is 17.0 Å². The van der Waals surface area contributed by atoms with E-state index in [0.717, 1.165) is 5.39 Å². The van der Waals surface area contributed by atoms with Crippen LogP contribution in [0.2, 0.25) is 0 Å². The molecule has 0 aliphatic carbocycles. The topological polar surface area (TPSA) is 68.4 Å². The third kappa shape index (κ3) is 2.51. The third-order valence-electron chi connectivity index (χ3n) is 3.20. The summed E-state index contributed by atoms with van der Waals surface area (Å²) in [4.78, 5) is 4.15. The van der Waals surface area contributed by atoms with Crippen molar-refractivity contribution in [2.24, 2.45) is 5.73 Å². The Balaban J connectivity index is 2.10. The molecule has 0 bridgehead atoms. The van der Waals surface area contributed by atoms with Gasteiger partial charge in [0, 0.05) is 23.7 Å². The number of aromatic nitrogens is 1. The van der Waals surface area contributed by atoms with Gasteiger partial charge in [0.15, 0.2) is 0 Å². The van der Waals surface area contributed by atoms with Crippen molar-refractivity contribution in [3.8, 4) is 17.4 Å². The van der Waals surface area contributed by atoms with Gasteiger partial charge in [0.25, 0.3) is 0 Å². The van der Waals surface area contributed by atoms with Gasteiger partial charge in [0.05, 0.1) is 0 Å². The van der Waals surface area contributed by atoms with Crippen LogP contribution < -0.4 is 10.5 Å². The summed E-state index contributed by atoms with van der Waals surface area (Å²) in [5.41, 5.74) is 5.85. The van der Waals surface area contributed by atoms with Crippen LogP contribution >= 0.6 is 0 Å². The van der Waals surface area contributed by atoms with E-state index in [1.165, 1.54) is 6.07 Å². The van der Waals surface area contributed by atoms with E-state index in [4.69, 9.17) is 10.5 Å². The molecule has 0 saturated heterocycles. The van der Waals surface area contributed by atoms with Gasteiger partial charge in [-0.15, -0.1) is 0 Å². The zero-order valence-corrected chi connectivity index (χ0v) is 11.1. The highest BCUT2D eigenvalue weighted by Gasteiger charge is 2.11. The van der Waals surface area contributed by atoms with Gasteiger partial charge in [0.1, 0.15) is 17.3 Å². The summed E-state index contributed by atoms with van der Waals surface area (Å²) < 4.78 is 19.4. The zero-order chi connectivity index (χ0) is 14.8. The van der Waals surface area contributed by atoms with E-state index in [-0.39, 0.29) is 17.9 Å². The number of aromatic hydroxyl groups is 1. The summed E-state index contributed by atoms with van der Waals surface area (Å²) in [6.45, 7) is 0.0258. The molecule has 0 aliphatic heterocycles. The maximum atomic E-state index is 13.7. The Morgan fingerprint density at radius 2 is 2.05 bits per heavy atom. The Morgan fingerprint density at radius 1 is 1.19 bits per heavy atom. The second kappa shape index (κ2) is 5.38. The smallest absolute Gasteiger partial charge is 0.227 e. The van der Waals surface area contributed by atoms with Crippen molar-refractivity contribution in [2.45, 2.75) is 6.54 Å². The van der Waals surface area contributed by atoms with Gasteiger partial charge in [-0.25, -0.2) is 9.37 Å². The van der Waals surface area contributed by atoms with Crippen molar-refractivity contribution in [1.29, 1.82) is 0 Å². The fourth-order valence-corrected chi connectivity index (χ4v) is 2.15. The van der Waals surface area contributed by atoms with Crippen LogP contribution in [0, 0.1) is 5.82 Å². The molecular weight excluding hydrogens is 271 g/mol. The molecule has 0 radical (unpaired) electrons. The maximum Gasteiger partial charge on any atom is 0.227 e. The SMILES string of the molecule is NCc1c(F)cccc1Oc1nccc2ccc(O)cc12. The summed E-state index contributed by atoms with van der Waals surface area (Å²) in [5.74, 6) is 0.307. The lowest BCUT2D eigenvalue weighted by atomic mass is 10.1.